The maximum absolute atomic E-state index is 11.7. The molecule has 2 aromatic rings. The Morgan fingerprint density at radius 2 is 2.09 bits per heavy atom. The average Bonchev–Trinajstić information content (AvgIpc) is 2.46. The second-order valence-electron chi connectivity index (χ2n) is 5.17. The number of amides is 1. The number of rotatable bonds is 1. The van der Waals surface area contributed by atoms with E-state index in [0.29, 0.717) is 35.2 Å². The smallest absolute Gasteiger partial charge is 0.220 e. The lowest BCUT2D eigenvalue weighted by Gasteiger charge is -2.28. The van der Waals surface area contributed by atoms with Gasteiger partial charge in [0, 0.05) is 42.6 Å². The molecular formula is C15H14Cl2N4O. The van der Waals surface area contributed by atoms with Gasteiger partial charge in [-0.3, -0.25) is 4.79 Å². The van der Waals surface area contributed by atoms with Crippen LogP contribution in [0.15, 0.2) is 18.2 Å². The van der Waals surface area contributed by atoms with Crippen molar-refractivity contribution >= 4 is 35.1 Å². The molecule has 7 heteroatoms. The number of nitrogen functional groups attached to an aromatic ring is 1. The third-order valence-corrected chi connectivity index (χ3v) is 4.26. The quantitative estimate of drug-likeness (QED) is 0.868. The Labute approximate surface area is 138 Å². The first-order valence-corrected chi connectivity index (χ1v) is 7.57. The average molecular weight is 337 g/mol. The first kappa shape index (κ1) is 15.1. The summed E-state index contributed by atoms with van der Waals surface area (Å²) in [4.78, 5) is 22.1. The first-order valence-electron chi connectivity index (χ1n) is 6.82. The molecule has 3 rings (SSSR count). The van der Waals surface area contributed by atoms with Gasteiger partial charge in [0.2, 0.25) is 11.9 Å². The fraction of sp³-hybridized carbons (Fsp3) is 0.267. The lowest BCUT2D eigenvalue weighted by Crippen LogP contribution is -2.35. The zero-order chi connectivity index (χ0) is 15.9. The van der Waals surface area contributed by atoms with E-state index in [-0.39, 0.29) is 11.9 Å². The Kier molecular flexibility index (Phi) is 3.93. The van der Waals surface area contributed by atoms with E-state index < -0.39 is 0 Å². The lowest BCUT2D eigenvalue weighted by atomic mass is 9.99. The van der Waals surface area contributed by atoms with Crippen LogP contribution in [0.4, 0.5) is 5.95 Å². The molecule has 0 spiro atoms. The van der Waals surface area contributed by atoms with E-state index in [4.69, 9.17) is 28.9 Å². The van der Waals surface area contributed by atoms with Crippen LogP contribution in [0.3, 0.4) is 0 Å². The van der Waals surface area contributed by atoms with Crippen LogP contribution < -0.4 is 5.73 Å². The molecule has 1 aliphatic heterocycles. The SMILES string of the molecule is CC(=O)N1CCc2nc(N)nc(-c3ccc(Cl)cc3Cl)c2C1. The van der Waals surface area contributed by atoms with Gasteiger partial charge in [-0.1, -0.05) is 23.2 Å². The van der Waals surface area contributed by atoms with Gasteiger partial charge in [0.15, 0.2) is 0 Å². The number of hydrogen-bond donors (Lipinski definition) is 1. The fourth-order valence-corrected chi connectivity index (χ4v) is 3.10. The van der Waals surface area contributed by atoms with Crippen molar-refractivity contribution in [3.8, 4) is 11.3 Å². The van der Waals surface area contributed by atoms with Crippen molar-refractivity contribution < 1.29 is 4.79 Å². The molecule has 5 nitrogen and oxygen atoms in total. The lowest BCUT2D eigenvalue weighted by molar-refractivity contribution is -0.129. The zero-order valence-electron chi connectivity index (χ0n) is 11.9. The standard InChI is InChI=1S/C15H14Cl2N4O/c1-8(22)21-5-4-13-11(7-21)14(20-15(18)19-13)10-3-2-9(16)6-12(10)17/h2-3,6H,4-5,7H2,1H3,(H2,18,19,20). The molecule has 1 aromatic carbocycles. The summed E-state index contributed by atoms with van der Waals surface area (Å²) in [5.41, 5.74) is 8.98. The van der Waals surface area contributed by atoms with Gasteiger partial charge >= 0.3 is 0 Å². The van der Waals surface area contributed by atoms with E-state index in [2.05, 4.69) is 9.97 Å². The minimum absolute atomic E-state index is 0.0237. The van der Waals surface area contributed by atoms with Crippen molar-refractivity contribution in [2.75, 3.05) is 12.3 Å². The Balaban J connectivity index is 2.16. The summed E-state index contributed by atoms with van der Waals surface area (Å²) in [7, 11) is 0. The number of aromatic nitrogens is 2. The highest BCUT2D eigenvalue weighted by Crippen LogP contribution is 2.34. The molecule has 0 bridgehead atoms. The van der Waals surface area contributed by atoms with Crippen molar-refractivity contribution in [3.63, 3.8) is 0 Å². The van der Waals surface area contributed by atoms with E-state index in [1.54, 1.807) is 30.0 Å². The zero-order valence-corrected chi connectivity index (χ0v) is 13.4. The van der Waals surface area contributed by atoms with Crippen molar-refractivity contribution in [1.29, 1.82) is 0 Å². The predicted molar refractivity (Wildman–Crippen MR) is 86.7 cm³/mol. The molecule has 0 aliphatic carbocycles. The molecule has 2 heterocycles. The molecule has 0 fully saturated rings. The summed E-state index contributed by atoms with van der Waals surface area (Å²) >= 11 is 12.2. The van der Waals surface area contributed by atoms with E-state index in [1.165, 1.54) is 0 Å². The maximum atomic E-state index is 11.7. The molecule has 1 amide bonds. The van der Waals surface area contributed by atoms with E-state index in [9.17, 15) is 4.79 Å². The molecule has 0 atom stereocenters. The summed E-state index contributed by atoms with van der Waals surface area (Å²) in [5.74, 6) is 0.228. The number of benzene rings is 1. The van der Waals surface area contributed by atoms with Crippen molar-refractivity contribution in [1.82, 2.24) is 14.9 Å². The van der Waals surface area contributed by atoms with Crippen molar-refractivity contribution in [3.05, 3.63) is 39.5 Å². The minimum atomic E-state index is 0.0237. The summed E-state index contributed by atoms with van der Waals surface area (Å²) in [6.45, 7) is 2.64. The van der Waals surface area contributed by atoms with Crippen LogP contribution in [0, 0.1) is 0 Å². The van der Waals surface area contributed by atoms with Gasteiger partial charge in [-0.25, -0.2) is 9.97 Å². The number of halogens is 2. The van der Waals surface area contributed by atoms with E-state index in [1.807, 2.05) is 0 Å². The highest BCUT2D eigenvalue weighted by Gasteiger charge is 2.24. The monoisotopic (exact) mass is 336 g/mol. The Bertz CT molecular complexity index is 763. The minimum Gasteiger partial charge on any atom is -0.368 e. The molecule has 22 heavy (non-hydrogen) atoms. The number of carbonyl (C=O) groups is 1. The normalized spacial score (nSPS) is 13.9. The summed E-state index contributed by atoms with van der Waals surface area (Å²) < 4.78 is 0. The number of fused-ring (bicyclic) bond motifs is 1. The Morgan fingerprint density at radius 1 is 1.32 bits per heavy atom. The van der Waals surface area contributed by atoms with Gasteiger partial charge < -0.3 is 10.6 Å². The molecule has 0 radical (unpaired) electrons. The Morgan fingerprint density at radius 3 is 2.77 bits per heavy atom. The number of hydrogen-bond acceptors (Lipinski definition) is 4. The fourth-order valence-electron chi connectivity index (χ4n) is 2.61. The van der Waals surface area contributed by atoms with Gasteiger partial charge in [-0.15, -0.1) is 0 Å². The molecule has 0 unspecified atom stereocenters. The molecular weight excluding hydrogens is 323 g/mol. The van der Waals surface area contributed by atoms with E-state index in [0.717, 1.165) is 16.8 Å². The van der Waals surface area contributed by atoms with Gasteiger partial charge in [-0.2, -0.15) is 0 Å². The van der Waals surface area contributed by atoms with Crippen LogP contribution in [-0.4, -0.2) is 27.3 Å². The van der Waals surface area contributed by atoms with Crippen LogP contribution in [0.5, 0.6) is 0 Å². The second kappa shape index (κ2) is 5.74. The van der Waals surface area contributed by atoms with Crippen LogP contribution in [0.1, 0.15) is 18.2 Å². The van der Waals surface area contributed by atoms with Crippen molar-refractivity contribution in [2.45, 2.75) is 19.9 Å². The van der Waals surface area contributed by atoms with Gasteiger partial charge in [0.1, 0.15) is 0 Å². The molecule has 2 N–H and O–H groups in total. The number of nitrogens with zero attached hydrogens (tertiary/aromatic N) is 3. The largest absolute Gasteiger partial charge is 0.368 e. The third kappa shape index (κ3) is 2.74. The Hall–Kier alpha value is -1.85. The van der Waals surface area contributed by atoms with Gasteiger partial charge in [-0.05, 0) is 18.2 Å². The maximum Gasteiger partial charge on any atom is 0.220 e. The number of nitrogens with two attached hydrogens (primary N) is 1. The highest BCUT2D eigenvalue weighted by atomic mass is 35.5. The topological polar surface area (TPSA) is 72.1 Å². The highest BCUT2D eigenvalue weighted by molar-refractivity contribution is 6.36. The molecule has 1 aromatic heterocycles. The molecule has 0 saturated heterocycles. The van der Waals surface area contributed by atoms with Crippen LogP contribution in [0.2, 0.25) is 10.0 Å². The molecule has 1 aliphatic rings. The van der Waals surface area contributed by atoms with Crippen molar-refractivity contribution in [2.24, 2.45) is 0 Å². The predicted octanol–water partition coefficient (Wildman–Crippen LogP) is 2.94. The van der Waals surface area contributed by atoms with Crippen LogP contribution in [-0.2, 0) is 17.8 Å². The summed E-state index contributed by atoms with van der Waals surface area (Å²) in [5, 5.41) is 1.04. The molecule has 114 valence electrons. The third-order valence-electron chi connectivity index (χ3n) is 3.71. The van der Waals surface area contributed by atoms with Crippen LogP contribution in [0.25, 0.3) is 11.3 Å². The second-order valence-corrected chi connectivity index (χ2v) is 6.01. The first-order chi connectivity index (χ1) is 10.5. The number of anilines is 1. The summed E-state index contributed by atoms with van der Waals surface area (Å²) in [6, 6.07) is 5.22. The van der Waals surface area contributed by atoms with Gasteiger partial charge in [0.05, 0.1) is 16.4 Å². The van der Waals surface area contributed by atoms with Gasteiger partial charge in [0.25, 0.3) is 0 Å². The molecule has 0 saturated carbocycles. The van der Waals surface area contributed by atoms with Crippen LogP contribution >= 0.6 is 23.2 Å². The number of carbonyl (C=O) groups excluding carboxylic acids is 1. The van der Waals surface area contributed by atoms with E-state index >= 15 is 0 Å². The summed E-state index contributed by atoms with van der Waals surface area (Å²) in [6.07, 6.45) is 0.653.